The molecule has 1 saturated carbocycles. The van der Waals surface area contributed by atoms with Gasteiger partial charge in [0, 0.05) is 0 Å². The van der Waals surface area contributed by atoms with E-state index in [2.05, 4.69) is 47.8 Å². The molecule has 9 heteroatoms. The van der Waals surface area contributed by atoms with E-state index in [0.717, 1.165) is 19.3 Å². The summed E-state index contributed by atoms with van der Waals surface area (Å²) in [6.45, 7) is 0. The van der Waals surface area contributed by atoms with Gasteiger partial charge in [0.15, 0.2) is 0 Å². The molecular weight excluding hydrogens is 452 g/mol. The smallest absolute Gasteiger partial charge is 0.212 e. The number of alkyl halides is 3. The van der Waals surface area contributed by atoms with Crippen molar-refractivity contribution in [1.82, 2.24) is 0 Å². The van der Waals surface area contributed by atoms with Crippen molar-refractivity contribution in [2.75, 3.05) is 0 Å². The van der Waals surface area contributed by atoms with Crippen LogP contribution in [0, 0.1) is 0 Å². The van der Waals surface area contributed by atoms with Crippen molar-refractivity contribution in [3.05, 3.63) is 0 Å². The molecule has 0 unspecified atom stereocenters. The van der Waals surface area contributed by atoms with E-state index in [1.165, 1.54) is 0 Å². The maximum absolute atomic E-state index is 12.0. The van der Waals surface area contributed by atoms with Gasteiger partial charge in [-0.2, -0.15) is 0 Å². The molecule has 1 aliphatic rings. The third kappa shape index (κ3) is 2.84. The Bertz CT molecular complexity index is 443. The van der Waals surface area contributed by atoms with Crippen LogP contribution in [0.5, 0.6) is 0 Å². The topological polar surface area (TPSA) is 68.3 Å². The lowest BCUT2D eigenvalue weighted by Crippen LogP contribution is -2.36. The van der Waals surface area contributed by atoms with Gasteiger partial charge < -0.3 is 0 Å². The van der Waals surface area contributed by atoms with Gasteiger partial charge in [-0.3, -0.25) is 0 Å². The molecule has 0 spiro atoms. The molecule has 0 N–H and O–H groups in total. The lowest BCUT2D eigenvalue weighted by molar-refractivity contribution is 0.487. The average molecular weight is 463 g/mol. The Morgan fingerprint density at radius 1 is 0.875 bits per heavy atom. The van der Waals surface area contributed by atoms with E-state index in [-0.39, 0.29) is 0 Å². The molecule has 1 fully saturated rings. The van der Waals surface area contributed by atoms with Crippen LogP contribution >= 0.6 is 47.8 Å². The van der Waals surface area contributed by atoms with E-state index in [0.29, 0.717) is 12.8 Å². The summed E-state index contributed by atoms with van der Waals surface area (Å²) in [5, 5.41) is -0.779. The zero-order valence-electron chi connectivity index (χ0n) is 8.20. The van der Waals surface area contributed by atoms with Crippen molar-refractivity contribution in [1.29, 1.82) is 0 Å². The second-order valence-electron chi connectivity index (χ2n) is 3.65. The monoisotopic (exact) mass is 460 g/mol. The van der Waals surface area contributed by atoms with Gasteiger partial charge in [0.25, 0.3) is 17.7 Å². The Kier molecular flexibility index (Phi) is 4.95. The zero-order valence-corrected chi connectivity index (χ0v) is 14.6. The van der Waals surface area contributed by atoms with Crippen molar-refractivity contribution in [2.24, 2.45) is 0 Å². The van der Waals surface area contributed by atoms with Crippen LogP contribution in [0.3, 0.4) is 0 Å². The third-order valence-corrected chi connectivity index (χ3v) is 14.2. The Morgan fingerprint density at radius 2 is 1.31 bits per heavy atom. The minimum absolute atomic E-state index is 0.421. The summed E-state index contributed by atoms with van der Waals surface area (Å²) in [7, 11) is -8.54. The standard InChI is InChI=1S/C7H11Br3O4S2/c8-7(9,10)16(13,14)15(11,12)6-4-2-1-3-5-6/h6H,1-5H2. The van der Waals surface area contributed by atoms with Crippen LogP contribution in [0.4, 0.5) is 0 Å². The maximum atomic E-state index is 12.0. The van der Waals surface area contributed by atoms with Gasteiger partial charge in [-0.05, 0) is 60.6 Å². The lowest BCUT2D eigenvalue weighted by Gasteiger charge is -2.23. The summed E-state index contributed by atoms with van der Waals surface area (Å²) in [6, 6.07) is 0. The molecule has 0 radical (unpaired) electrons. The van der Waals surface area contributed by atoms with Crippen LogP contribution in [0.25, 0.3) is 0 Å². The van der Waals surface area contributed by atoms with E-state index in [9.17, 15) is 16.8 Å². The highest BCUT2D eigenvalue weighted by Crippen LogP contribution is 2.44. The predicted molar refractivity (Wildman–Crippen MR) is 74.2 cm³/mol. The van der Waals surface area contributed by atoms with Crippen molar-refractivity contribution < 1.29 is 16.8 Å². The zero-order chi connectivity index (χ0) is 12.6. The molecule has 0 aliphatic heterocycles. The maximum Gasteiger partial charge on any atom is 0.289 e. The molecular formula is C7H11Br3O4S2. The molecule has 16 heavy (non-hydrogen) atoms. The van der Waals surface area contributed by atoms with Gasteiger partial charge in [0.2, 0.25) is 1.47 Å². The lowest BCUT2D eigenvalue weighted by atomic mass is 10.0. The summed E-state index contributed by atoms with van der Waals surface area (Å²) in [6.07, 6.45) is 3.34. The molecule has 0 heterocycles. The molecule has 0 aromatic rings. The fourth-order valence-corrected chi connectivity index (χ4v) is 10.6. The molecule has 0 aromatic carbocycles. The normalized spacial score (nSPS) is 20.9. The first-order valence-corrected chi connectivity index (χ1v) is 10.6. The van der Waals surface area contributed by atoms with Gasteiger partial charge in [0.1, 0.15) is 0 Å². The van der Waals surface area contributed by atoms with Crippen molar-refractivity contribution >= 4 is 65.5 Å². The van der Waals surface area contributed by atoms with E-state index in [1.807, 2.05) is 0 Å². The summed E-state index contributed by atoms with van der Waals surface area (Å²) in [5.41, 5.74) is 0. The summed E-state index contributed by atoms with van der Waals surface area (Å²) in [5.74, 6) is 0. The minimum atomic E-state index is -4.35. The quantitative estimate of drug-likeness (QED) is 0.467. The van der Waals surface area contributed by atoms with E-state index < -0.39 is 24.5 Å². The second-order valence-corrected chi connectivity index (χ2v) is 17.9. The highest BCUT2D eigenvalue weighted by atomic mass is 80.0. The highest BCUT2D eigenvalue weighted by Gasteiger charge is 2.50. The summed E-state index contributed by atoms with van der Waals surface area (Å²) in [4.78, 5) is 0. The molecule has 4 nitrogen and oxygen atoms in total. The fourth-order valence-electron chi connectivity index (χ4n) is 1.66. The van der Waals surface area contributed by atoms with Crippen LogP contribution in [-0.2, 0) is 17.7 Å². The Labute approximate surface area is 120 Å². The minimum Gasteiger partial charge on any atom is -0.212 e. The third-order valence-electron chi connectivity index (χ3n) is 2.55. The van der Waals surface area contributed by atoms with Crippen molar-refractivity contribution in [3.8, 4) is 0 Å². The number of halogens is 3. The largest absolute Gasteiger partial charge is 0.289 e. The van der Waals surface area contributed by atoms with E-state index >= 15 is 0 Å². The molecule has 0 amide bonds. The van der Waals surface area contributed by atoms with Crippen LogP contribution in [-0.4, -0.2) is 23.6 Å². The van der Waals surface area contributed by atoms with Crippen LogP contribution in [0.1, 0.15) is 32.1 Å². The van der Waals surface area contributed by atoms with E-state index in [4.69, 9.17) is 0 Å². The molecule has 1 rings (SSSR count). The van der Waals surface area contributed by atoms with Crippen LogP contribution in [0.15, 0.2) is 0 Å². The fraction of sp³-hybridized carbons (Fsp3) is 1.00. The number of hydrogen-bond donors (Lipinski definition) is 0. The molecule has 96 valence electrons. The number of hydrogen-bond acceptors (Lipinski definition) is 4. The average Bonchev–Trinajstić information content (AvgIpc) is 2.17. The van der Waals surface area contributed by atoms with Gasteiger partial charge in [-0.15, -0.1) is 0 Å². The first-order chi connectivity index (χ1) is 7.11. The Hall–Kier alpha value is 1.34. The molecule has 0 atom stereocenters. The first-order valence-electron chi connectivity index (χ1n) is 4.66. The van der Waals surface area contributed by atoms with Crippen LogP contribution < -0.4 is 0 Å². The Morgan fingerprint density at radius 3 is 1.69 bits per heavy atom. The van der Waals surface area contributed by atoms with Gasteiger partial charge in [0.05, 0.1) is 5.25 Å². The predicted octanol–water partition coefficient (Wildman–Crippen LogP) is 2.86. The summed E-state index contributed by atoms with van der Waals surface area (Å²) < 4.78 is 45.8. The van der Waals surface area contributed by atoms with E-state index in [1.54, 1.807) is 0 Å². The highest BCUT2D eigenvalue weighted by molar-refractivity contribution is 9.43. The van der Waals surface area contributed by atoms with Gasteiger partial charge in [-0.25, -0.2) is 16.8 Å². The van der Waals surface area contributed by atoms with Gasteiger partial charge >= 0.3 is 0 Å². The molecule has 1 aliphatic carbocycles. The van der Waals surface area contributed by atoms with Crippen molar-refractivity contribution in [3.63, 3.8) is 0 Å². The van der Waals surface area contributed by atoms with Crippen LogP contribution in [0.2, 0.25) is 0 Å². The molecule has 0 aromatic heterocycles. The molecule has 0 bridgehead atoms. The Balaban J connectivity index is 3.11. The van der Waals surface area contributed by atoms with Gasteiger partial charge in [-0.1, -0.05) is 19.3 Å². The first kappa shape index (κ1) is 15.4. The number of rotatable bonds is 2. The molecule has 0 saturated heterocycles. The SMILES string of the molecule is O=S(=O)(C1CCCCC1)S(=O)(=O)C(Br)(Br)Br. The second kappa shape index (κ2) is 5.14. The summed E-state index contributed by atoms with van der Waals surface area (Å²) >= 11 is 8.31. The van der Waals surface area contributed by atoms with Crippen molar-refractivity contribution in [2.45, 2.75) is 38.8 Å².